The highest BCUT2D eigenvalue weighted by Gasteiger charge is 2.34. The van der Waals surface area contributed by atoms with E-state index in [1.165, 1.54) is 0 Å². The molecule has 1 aliphatic carbocycles. The third-order valence-electron chi connectivity index (χ3n) is 6.43. The molecule has 0 spiro atoms. The van der Waals surface area contributed by atoms with Crippen molar-refractivity contribution in [3.05, 3.63) is 89.3 Å². The molecule has 0 radical (unpaired) electrons. The van der Waals surface area contributed by atoms with Crippen molar-refractivity contribution in [3.63, 3.8) is 0 Å². The Balaban J connectivity index is 1.50. The molecule has 3 aromatic carbocycles. The molecule has 5 aromatic rings. The first-order valence-corrected chi connectivity index (χ1v) is 11.3. The largest absolute Gasteiger partial charge is 0.310 e. The van der Waals surface area contributed by atoms with Crippen LogP contribution in [-0.2, 0) is 7.05 Å². The zero-order valence-electron chi connectivity index (χ0n) is 19.1. The van der Waals surface area contributed by atoms with Crippen LogP contribution < -0.4 is 0 Å². The van der Waals surface area contributed by atoms with Crippen LogP contribution in [0.2, 0.25) is 0 Å². The van der Waals surface area contributed by atoms with Gasteiger partial charge in [-0.2, -0.15) is 0 Å². The summed E-state index contributed by atoms with van der Waals surface area (Å²) in [5.41, 5.74) is 3.48. The molecule has 34 heavy (non-hydrogen) atoms. The van der Waals surface area contributed by atoms with Crippen molar-refractivity contribution >= 4 is 39.7 Å². The number of Topliss-reactive ketones (excluding diaryl/α,β-unsaturated/α-hetero) is 2. The first-order valence-electron chi connectivity index (χ1n) is 11.3. The summed E-state index contributed by atoms with van der Waals surface area (Å²) in [6.45, 7) is 4.08. The van der Waals surface area contributed by atoms with E-state index in [-0.39, 0.29) is 23.2 Å². The smallest absolute Gasteiger partial charge is 0.197 e. The van der Waals surface area contributed by atoms with Gasteiger partial charge >= 0.3 is 0 Å². The minimum absolute atomic E-state index is 0.0342. The van der Waals surface area contributed by atoms with Gasteiger partial charge < -0.3 is 9.13 Å². The molecule has 2 aromatic heterocycles. The van der Waals surface area contributed by atoms with Crippen LogP contribution in [-0.4, -0.2) is 30.7 Å². The number of aryl methyl sites for hydroxylation is 1. The predicted octanol–water partition coefficient (Wildman–Crippen LogP) is 5.63. The minimum Gasteiger partial charge on any atom is -0.310 e. The van der Waals surface area contributed by atoms with Crippen LogP contribution in [0, 0.1) is 0 Å². The summed E-state index contributed by atoms with van der Waals surface area (Å²) in [5, 5.41) is 1.88. The summed E-state index contributed by atoms with van der Waals surface area (Å²) < 4.78 is 3.93. The Hall–Kier alpha value is -4.32. The van der Waals surface area contributed by atoms with Crippen LogP contribution in [0.1, 0.15) is 46.4 Å². The molecule has 6 heteroatoms. The van der Waals surface area contributed by atoms with Gasteiger partial charge in [0.25, 0.3) is 0 Å². The number of rotatable bonds is 3. The van der Waals surface area contributed by atoms with Gasteiger partial charge in [-0.15, -0.1) is 0 Å². The predicted molar refractivity (Wildman–Crippen MR) is 133 cm³/mol. The number of aromatic nitrogens is 4. The Kier molecular flexibility index (Phi) is 4.39. The number of hydrogen-bond acceptors (Lipinski definition) is 4. The van der Waals surface area contributed by atoms with Gasteiger partial charge in [0.1, 0.15) is 11.6 Å². The number of imidazole rings is 2. The molecule has 0 atom stereocenters. The Bertz CT molecular complexity index is 1610. The van der Waals surface area contributed by atoms with Crippen LogP contribution in [0.3, 0.4) is 0 Å². The van der Waals surface area contributed by atoms with Crippen LogP contribution in [0.15, 0.2) is 72.3 Å². The average Bonchev–Trinajstić information content (AvgIpc) is 3.44. The highest BCUT2D eigenvalue weighted by Crippen LogP contribution is 2.33. The van der Waals surface area contributed by atoms with E-state index in [9.17, 15) is 9.59 Å². The molecule has 0 saturated heterocycles. The topological polar surface area (TPSA) is 69.8 Å². The van der Waals surface area contributed by atoms with Crippen molar-refractivity contribution in [1.29, 1.82) is 0 Å². The maximum Gasteiger partial charge on any atom is 0.197 e. The summed E-state index contributed by atoms with van der Waals surface area (Å²) in [6, 6.07) is 21.4. The standard InChI is InChI=1S/C28H22N4O2/c1-16(2)32-23(29-27-28(32)30-26(31(27)3)17-9-5-4-6-10-17)15-22-24(33)20-13-18-11-7-8-12-19(18)14-21(20)25(22)34/h4-16H,1-3H3. The lowest BCUT2D eigenvalue weighted by atomic mass is 10.0. The fourth-order valence-corrected chi connectivity index (χ4v) is 4.76. The monoisotopic (exact) mass is 446 g/mol. The number of carbonyl (C=O) groups is 2. The van der Waals surface area contributed by atoms with Gasteiger partial charge in [-0.25, -0.2) is 9.97 Å². The number of hydrogen-bond donors (Lipinski definition) is 0. The van der Waals surface area contributed by atoms with Gasteiger partial charge in [0.05, 0.1) is 5.57 Å². The first kappa shape index (κ1) is 20.3. The van der Waals surface area contributed by atoms with E-state index in [4.69, 9.17) is 9.97 Å². The fraction of sp³-hybridized carbons (Fsp3) is 0.143. The lowest BCUT2D eigenvalue weighted by Crippen LogP contribution is -2.07. The molecule has 2 heterocycles. The van der Waals surface area contributed by atoms with Crippen LogP contribution in [0.25, 0.3) is 39.5 Å². The summed E-state index contributed by atoms with van der Waals surface area (Å²) in [7, 11) is 1.93. The second kappa shape index (κ2) is 7.35. The molecular formula is C28H22N4O2. The van der Waals surface area contributed by atoms with Gasteiger partial charge in [-0.3, -0.25) is 9.59 Å². The maximum atomic E-state index is 13.2. The Labute approximate surface area is 196 Å². The molecule has 0 aliphatic heterocycles. The van der Waals surface area contributed by atoms with Crippen molar-refractivity contribution < 1.29 is 9.59 Å². The second-order valence-corrected chi connectivity index (χ2v) is 8.90. The van der Waals surface area contributed by atoms with Crippen molar-refractivity contribution in [1.82, 2.24) is 19.1 Å². The zero-order valence-corrected chi connectivity index (χ0v) is 19.1. The average molecular weight is 447 g/mol. The molecule has 0 unspecified atom stereocenters. The summed E-state index contributed by atoms with van der Waals surface area (Å²) in [6.07, 6.45) is 1.62. The number of ketones is 2. The number of nitrogens with zero attached hydrogens (tertiary/aromatic N) is 4. The van der Waals surface area contributed by atoms with Gasteiger partial charge in [0.2, 0.25) is 0 Å². The third kappa shape index (κ3) is 2.88. The molecule has 0 amide bonds. The summed E-state index contributed by atoms with van der Waals surface area (Å²) in [4.78, 5) is 36.2. The van der Waals surface area contributed by atoms with Gasteiger partial charge in [-0.05, 0) is 42.8 Å². The van der Waals surface area contributed by atoms with E-state index < -0.39 is 0 Å². The van der Waals surface area contributed by atoms with E-state index in [0.717, 1.165) is 27.8 Å². The molecule has 0 saturated carbocycles. The molecular weight excluding hydrogens is 424 g/mol. The van der Waals surface area contributed by atoms with E-state index in [2.05, 4.69) is 0 Å². The van der Waals surface area contributed by atoms with Crippen LogP contribution in [0.5, 0.6) is 0 Å². The fourth-order valence-electron chi connectivity index (χ4n) is 4.76. The van der Waals surface area contributed by atoms with E-state index >= 15 is 0 Å². The van der Waals surface area contributed by atoms with Gasteiger partial charge in [-0.1, -0.05) is 54.6 Å². The number of allylic oxidation sites excluding steroid dienone is 1. The van der Waals surface area contributed by atoms with Crippen LogP contribution >= 0.6 is 0 Å². The van der Waals surface area contributed by atoms with Crippen molar-refractivity contribution in [3.8, 4) is 11.4 Å². The Morgan fingerprint density at radius 2 is 1.38 bits per heavy atom. The van der Waals surface area contributed by atoms with E-state index in [1.807, 2.05) is 96.8 Å². The first-order chi connectivity index (χ1) is 16.4. The van der Waals surface area contributed by atoms with Crippen molar-refractivity contribution in [2.75, 3.05) is 0 Å². The van der Waals surface area contributed by atoms with Crippen LogP contribution in [0.4, 0.5) is 0 Å². The van der Waals surface area contributed by atoms with Crippen molar-refractivity contribution in [2.45, 2.75) is 19.9 Å². The normalized spacial score (nSPS) is 13.5. The van der Waals surface area contributed by atoms with Gasteiger partial charge in [0, 0.05) is 29.8 Å². The second-order valence-electron chi connectivity index (χ2n) is 8.90. The molecule has 6 rings (SSSR count). The summed E-state index contributed by atoms with van der Waals surface area (Å²) in [5.74, 6) is 0.854. The molecule has 166 valence electrons. The maximum absolute atomic E-state index is 13.2. The molecule has 0 bridgehead atoms. The number of benzene rings is 3. The van der Waals surface area contributed by atoms with E-state index in [1.54, 1.807) is 6.08 Å². The minimum atomic E-state index is -0.258. The number of fused-ring (bicyclic) bond motifs is 3. The zero-order chi connectivity index (χ0) is 23.6. The highest BCUT2D eigenvalue weighted by atomic mass is 16.2. The molecule has 6 nitrogen and oxygen atoms in total. The lowest BCUT2D eigenvalue weighted by molar-refractivity contribution is 0.0990. The lowest BCUT2D eigenvalue weighted by Gasteiger charge is -2.10. The quantitative estimate of drug-likeness (QED) is 0.266. The molecule has 1 aliphatic rings. The van der Waals surface area contributed by atoms with Crippen molar-refractivity contribution in [2.24, 2.45) is 7.05 Å². The Morgan fingerprint density at radius 1 is 0.794 bits per heavy atom. The summed E-state index contributed by atoms with van der Waals surface area (Å²) >= 11 is 0. The highest BCUT2D eigenvalue weighted by molar-refractivity contribution is 6.42. The number of carbonyl (C=O) groups excluding carboxylic acids is 2. The molecule has 0 N–H and O–H groups in total. The SMILES string of the molecule is CC(C)n1c(C=C2C(=O)c3cc4ccccc4cc3C2=O)nc2c1nc(-c1ccccc1)n2C. The van der Waals surface area contributed by atoms with Gasteiger partial charge in [0.15, 0.2) is 22.9 Å². The Morgan fingerprint density at radius 3 is 1.97 bits per heavy atom. The third-order valence-corrected chi connectivity index (χ3v) is 6.43. The van der Waals surface area contributed by atoms with E-state index in [0.29, 0.717) is 22.6 Å². The molecule has 0 fully saturated rings.